The number of hydrogen-bond donors (Lipinski definition) is 2. The van der Waals surface area contributed by atoms with Crippen LogP contribution in [0.25, 0.3) is 0 Å². The van der Waals surface area contributed by atoms with Gasteiger partial charge >= 0.3 is 0 Å². The van der Waals surface area contributed by atoms with Crippen LogP contribution in [0.2, 0.25) is 0 Å². The molecule has 0 radical (unpaired) electrons. The molecule has 27 heavy (non-hydrogen) atoms. The molecular weight excluding hydrogens is 433 g/mol. The summed E-state index contributed by atoms with van der Waals surface area (Å²) >= 11 is 4.69. The van der Waals surface area contributed by atoms with E-state index >= 15 is 0 Å². The van der Waals surface area contributed by atoms with Crippen LogP contribution in [-0.4, -0.2) is 16.8 Å². The highest BCUT2D eigenvalue weighted by Crippen LogP contribution is 2.29. The second-order valence-electron chi connectivity index (χ2n) is 5.30. The molecule has 0 atom stereocenters. The Kier molecular flexibility index (Phi) is 6.20. The number of amides is 2. The average molecular weight is 446 g/mol. The van der Waals surface area contributed by atoms with Crippen molar-refractivity contribution in [3.63, 3.8) is 0 Å². The van der Waals surface area contributed by atoms with Gasteiger partial charge in [0.1, 0.15) is 10.8 Å². The molecule has 3 aromatic rings. The number of aromatic nitrogens is 1. The molecule has 0 saturated heterocycles. The highest BCUT2D eigenvalue weighted by molar-refractivity contribution is 9.10. The number of nitrogens with one attached hydrogen (secondary N) is 2. The molecule has 0 saturated carbocycles. The van der Waals surface area contributed by atoms with Crippen molar-refractivity contribution >= 4 is 39.5 Å². The molecule has 3 rings (SSSR count). The van der Waals surface area contributed by atoms with E-state index in [1.54, 1.807) is 18.3 Å². The van der Waals surface area contributed by atoms with Crippen LogP contribution in [0.5, 0.6) is 0 Å². The number of pyridine rings is 1. The molecule has 2 amide bonds. The Hall–Kier alpha value is -2.71. The topological polar surface area (TPSA) is 71.1 Å². The van der Waals surface area contributed by atoms with E-state index in [0.717, 1.165) is 9.37 Å². The maximum Gasteiger partial charge on any atom is 0.272 e. The zero-order valence-corrected chi connectivity index (χ0v) is 16.2. The molecule has 0 aliphatic heterocycles. The van der Waals surface area contributed by atoms with E-state index in [9.17, 15) is 14.0 Å². The third kappa shape index (κ3) is 4.93. The van der Waals surface area contributed by atoms with E-state index in [1.807, 2.05) is 24.3 Å². The number of carbonyl (C=O) groups excluding carboxylic acids is 2. The first-order valence-electron chi connectivity index (χ1n) is 7.78. The minimum absolute atomic E-state index is 0.159. The minimum Gasteiger partial charge on any atom is -0.267 e. The fourth-order valence-corrected chi connectivity index (χ4v) is 3.30. The van der Waals surface area contributed by atoms with Crippen molar-refractivity contribution in [2.24, 2.45) is 0 Å². The van der Waals surface area contributed by atoms with E-state index in [-0.39, 0.29) is 5.56 Å². The van der Waals surface area contributed by atoms with Crippen LogP contribution in [-0.2, 0) is 0 Å². The van der Waals surface area contributed by atoms with Gasteiger partial charge in [0.15, 0.2) is 0 Å². The lowest BCUT2D eigenvalue weighted by atomic mass is 10.2. The first-order valence-corrected chi connectivity index (χ1v) is 9.39. The Labute approximate surface area is 167 Å². The largest absolute Gasteiger partial charge is 0.272 e. The number of hydrazine groups is 1. The second kappa shape index (κ2) is 8.79. The van der Waals surface area contributed by atoms with Crippen LogP contribution in [0.1, 0.15) is 20.7 Å². The second-order valence-corrected chi connectivity index (χ2v) is 7.28. The zero-order valence-electron chi connectivity index (χ0n) is 13.8. The van der Waals surface area contributed by atoms with Crippen LogP contribution >= 0.6 is 27.7 Å². The quantitative estimate of drug-likeness (QED) is 0.590. The Morgan fingerprint density at radius 3 is 2.22 bits per heavy atom. The summed E-state index contributed by atoms with van der Waals surface area (Å²) < 4.78 is 14.6. The van der Waals surface area contributed by atoms with Crippen LogP contribution in [0.15, 0.2) is 81.3 Å². The zero-order chi connectivity index (χ0) is 19.2. The Morgan fingerprint density at radius 1 is 0.889 bits per heavy atom. The van der Waals surface area contributed by atoms with Crippen molar-refractivity contribution in [1.29, 1.82) is 0 Å². The van der Waals surface area contributed by atoms with Crippen LogP contribution in [0.3, 0.4) is 0 Å². The van der Waals surface area contributed by atoms with Crippen molar-refractivity contribution in [2.75, 3.05) is 0 Å². The summed E-state index contributed by atoms with van der Waals surface area (Å²) in [6.45, 7) is 0. The number of halogens is 2. The SMILES string of the molecule is O=C(NNC(=O)c1cccnc1Sc1ccc(Br)cc1)c1ccccc1F. The van der Waals surface area contributed by atoms with E-state index in [0.29, 0.717) is 10.6 Å². The lowest BCUT2D eigenvalue weighted by Gasteiger charge is -2.10. The summed E-state index contributed by atoms with van der Waals surface area (Å²) in [5, 5.41) is 0.484. The molecule has 0 spiro atoms. The van der Waals surface area contributed by atoms with Gasteiger partial charge in [-0.3, -0.25) is 20.4 Å². The highest BCUT2D eigenvalue weighted by atomic mass is 79.9. The number of hydrogen-bond acceptors (Lipinski definition) is 4. The van der Waals surface area contributed by atoms with Gasteiger partial charge in [-0.25, -0.2) is 9.37 Å². The van der Waals surface area contributed by atoms with Gasteiger partial charge in [-0.1, -0.05) is 39.8 Å². The smallest absolute Gasteiger partial charge is 0.267 e. The third-order valence-electron chi connectivity index (χ3n) is 3.45. The van der Waals surface area contributed by atoms with E-state index in [1.165, 1.54) is 36.0 Å². The maximum absolute atomic E-state index is 13.6. The predicted molar refractivity (Wildman–Crippen MR) is 104 cm³/mol. The van der Waals surface area contributed by atoms with Gasteiger partial charge in [-0.2, -0.15) is 0 Å². The van der Waals surface area contributed by atoms with Crippen LogP contribution in [0.4, 0.5) is 4.39 Å². The Morgan fingerprint density at radius 2 is 1.52 bits per heavy atom. The Balaban J connectivity index is 1.71. The van der Waals surface area contributed by atoms with E-state index in [4.69, 9.17) is 0 Å². The Bertz CT molecular complexity index is 983. The summed E-state index contributed by atoms with van der Waals surface area (Å²) in [5.74, 6) is -1.96. The maximum atomic E-state index is 13.6. The molecular formula is C19H13BrFN3O2S. The van der Waals surface area contributed by atoms with E-state index in [2.05, 4.69) is 31.8 Å². The fourth-order valence-electron chi connectivity index (χ4n) is 2.15. The predicted octanol–water partition coefficient (Wildman–Crippen LogP) is 4.21. The molecule has 2 N–H and O–H groups in total. The molecule has 0 fully saturated rings. The summed E-state index contributed by atoms with van der Waals surface area (Å²) in [5.41, 5.74) is 4.64. The molecule has 1 heterocycles. The molecule has 5 nitrogen and oxygen atoms in total. The van der Waals surface area contributed by atoms with E-state index < -0.39 is 17.6 Å². The minimum atomic E-state index is -0.743. The van der Waals surface area contributed by atoms with Gasteiger partial charge in [-0.05, 0) is 48.5 Å². The molecule has 0 aliphatic carbocycles. The van der Waals surface area contributed by atoms with Gasteiger partial charge < -0.3 is 0 Å². The summed E-state index contributed by atoms with van der Waals surface area (Å²) in [6, 6.07) is 16.3. The molecule has 8 heteroatoms. The van der Waals surface area contributed by atoms with Crippen molar-refractivity contribution in [2.45, 2.75) is 9.92 Å². The standard InChI is InChI=1S/C19H13BrFN3O2S/c20-12-7-9-13(10-8-12)27-19-15(5-3-11-22-19)18(26)24-23-17(25)14-4-1-2-6-16(14)21/h1-11H,(H,23,25)(H,24,26). The molecule has 0 unspecified atom stereocenters. The first kappa shape index (κ1) is 19.1. The van der Waals surface area contributed by atoms with Gasteiger partial charge in [0, 0.05) is 15.6 Å². The average Bonchev–Trinajstić information content (AvgIpc) is 2.68. The molecule has 136 valence electrons. The summed E-state index contributed by atoms with van der Waals surface area (Å²) in [7, 11) is 0. The normalized spacial score (nSPS) is 10.3. The number of nitrogens with zero attached hydrogens (tertiary/aromatic N) is 1. The molecule has 1 aromatic heterocycles. The van der Waals surface area contributed by atoms with Gasteiger partial charge in [0.2, 0.25) is 0 Å². The van der Waals surface area contributed by atoms with Crippen molar-refractivity contribution in [1.82, 2.24) is 15.8 Å². The monoisotopic (exact) mass is 445 g/mol. The summed E-state index contributed by atoms with van der Waals surface area (Å²) in [4.78, 5) is 29.6. The molecule has 0 aliphatic rings. The number of rotatable bonds is 4. The van der Waals surface area contributed by atoms with Crippen molar-refractivity contribution < 1.29 is 14.0 Å². The van der Waals surface area contributed by atoms with Crippen LogP contribution < -0.4 is 10.9 Å². The molecule has 2 aromatic carbocycles. The third-order valence-corrected chi connectivity index (χ3v) is 5.01. The van der Waals surface area contributed by atoms with Gasteiger partial charge in [-0.15, -0.1) is 0 Å². The molecule has 0 bridgehead atoms. The number of carbonyl (C=O) groups is 2. The van der Waals surface area contributed by atoms with Crippen LogP contribution in [0, 0.1) is 5.82 Å². The first-order chi connectivity index (χ1) is 13.0. The summed E-state index contributed by atoms with van der Waals surface area (Å²) in [6.07, 6.45) is 1.58. The lowest BCUT2D eigenvalue weighted by Crippen LogP contribution is -2.42. The highest BCUT2D eigenvalue weighted by Gasteiger charge is 2.16. The van der Waals surface area contributed by atoms with Crippen molar-refractivity contribution in [3.8, 4) is 0 Å². The fraction of sp³-hybridized carbons (Fsp3) is 0. The lowest BCUT2D eigenvalue weighted by molar-refractivity contribution is 0.0842. The van der Waals surface area contributed by atoms with Gasteiger partial charge in [0.05, 0.1) is 11.1 Å². The van der Waals surface area contributed by atoms with Gasteiger partial charge in [0.25, 0.3) is 11.8 Å². The van der Waals surface area contributed by atoms with Crippen molar-refractivity contribution in [3.05, 3.63) is 88.3 Å². The number of benzene rings is 2.